The van der Waals surface area contributed by atoms with Crippen LogP contribution >= 0.6 is 0 Å². The lowest BCUT2D eigenvalue weighted by Crippen LogP contribution is -2.31. The number of amides is 1. The lowest BCUT2D eigenvalue weighted by molar-refractivity contribution is 0.0946. The molecule has 0 bridgehead atoms. The molecule has 4 heterocycles. The highest BCUT2D eigenvalue weighted by atomic mass is 19.3. The molecule has 174 valence electrons. The summed E-state index contributed by atoms with van der Waals surface area (Å²) in [7, 11) is 1.44. The number of hydrogen-bond donors (Lipinski definition) is 3. The van der Waals surface area contributed by atoms with Crippen LogP contribution in [0.15, 0.2) is 36.7 Å². The van der Waals surface area contributed by atoms with Crippen molar-refractivity contribution in [3.05, 3.63) is 59.3 Å². The summed E-state index contributed by atoms with van der Waals surface area (Å²) in [5, 5.41) is 5.85. The predicted molar refractivity (Wildman–Crippen MR) is 119 cm³/mol. The molecule has 5 rings (SSSR count). The molecule has 1 amide bonds. The quantitative estimate of drug-likeness (QED) is 0.395. The van der Waals surface area contributed by atoms with Gasteiger partial charge >= 0.3 is 6.01 Å². The van der Waals surface area contributed by atoms with Crippen molar-refractivity contribution in [3.63, 3.8) is 0 Å². The molecule has 0 saturated carbocycles. The highest BCUT2D eigenvalue weighted by molar-refractivity contribution is 6.08. The first-order valence-corrected chi connectivity index (χ1v) is 10.5. The van der Waals surface area contributed by atoms with Gasteiger partial charge in [0.15, 0.2) is 0 Å². The summed E-state index contributed by atoms with van der Waals surface area (Å²) in [5.74, 6) is -1.09. The van der Waals surface area contributed by atoms with Gasteiger partial charge in [0.1, 0.15) is 16.9 Å². The third-order valence-corrected chi connectivity index (χ3v) is 5.61. The van der Waals surface area contributed by atoms with Gasteiger partial charge in [0.2, 0.25) is 6.43 Å². The Labute approximate surface area is 191 Å². The fourth-order valence-corrected chi connectivity index (χ4v) is 4.10. The van der Waals surface area contributed by atoms with Crippen molar-refractivity contribution in [1.82, 2.24) is 25.3 Å². The van der Waals surface area contributed by atoms with Crippen LogP contribution in [-0.4, -0.2) is 45.9 Å². The van der Waals surface area contributed by atoms with Gasteiger partial charge in [-0.15, -0.1) is 0 Å². The van der Waals surface area contributed by atoms with Crippen molar-refractivity contribution >= 4 is 28.3 Å². The Morgan fingerprint density at radius 1 is 1.24 bits per heavy atom. The van der Waals surface area contributed by atoms with Gasteiger partial charge < -0.3 is 20.4 Å². The van der Waals surface area contributed by atoms with E-state index in [1.165, 1.54) is 25.4 Å². The number of nitrogens with one attached hydrogen (secondary N) is 3. The Morgan fingerprint density at radius 3 is 2.88 bits per heavy atom. The van der Waals surface area contributed by atoms with E-state index in [1.807, 2.05) is 0 Å². The van der Waals surface area contributed by atoms with Crippen LogP contribution in [0.5, 0.6) is 6.01 Å². The number of rotatable bonds is 6. The molecule has 3 N–H and O–H groups in total. The molecule has 11 heteroatoms. The second-order valence-electron chi connectivity index (χ2n) is 7.67. The van der Waals surface area contributed by atoms with Crippen molar-refractivity contribution in [2.24, 2.45) is 0 Å². The summed E-state index contributed by atoms with van der Waals surface area (Å²) < 4.78 is 46.0. The molecule has 3 aromatic heterocycles. The van der Waals surface area contributed by atoms with Gasteiger partial charge in [-0.3, -0.25) is 9.78 Å². The Hall–Kier alpha value is -4.15. The number of carbonyl (C=O) groups is 1. The summed E-state index contributed by atoms with van der Waals surface area (Å²) in [6.45, 7) is 0.439. The van der Waals surface area contributed by atoms with Crippen molar-refractivity contribution in [1.29, 1.82) is 0 Å². The molecule has 34 heavy (non-hydrogen) atoms. The smallest absolute Gasteiger partial charge is 0.316 e. The standard InChI is InChI=1S/C23H19F3N6O2/c1-34-23-29-10-16-19(32-23)11(5-7-27-16)20-21(18-15(31-20)6-8-28-22(18)33)30-14-4-2-3-13(24)12(14)9-17(25)26/h2-5,7,10,17,30-31H,6,8-9H2,1H3,(H,28,33). The number of benzene rings is 1. The van der Waals surface area contributed by atoms with Gasteiger partial charge in [0, 0.05) is 48.1 Å². The molecule has 1 aromatic carbocycles. The van der Waals surface area contributed by atoms with Gasteiger partial charge in [-0.2, -0.15) is 4.98 Å². The number of fused-ring (bicyclic) bond motifs is 2. The van der Waals surface area contributed by atoms with E-state index in [9.17, 15) is 18.0 Å². The third-order valence-electron chi connectivity index (χ3n) is 5.61. The maximum absolute atomic E-state index is 14.5. The number of aromatic amines is 1. The molecule has 0 spiro atoms. The number of nitrogens with zero attached hydrogens (tertiary/aromatic N) is 3. The average molecular weight is 468 g/mol. The summed E-state index contributed by atoms with van der Waals surface area (Å²) in [6, 6.07) is 5.89. The van der Waals surface area contributed by atoms with Gasteiger partial charge in [-0.1, -0.05) is 6.07 Å². The Bertz CT molecular complexity index is 1410. The van der Waals surface area contributed by atoms with Gasteiger partial charge in [0.25, 0.3) is 5.91 Å². The first-order valence-electron chi connectivity index (χ1n) is 10.5. The van der Waals surface area contributed by atoms with Gasteiger partial charge in [-0.25, -0.2) is 18.2 Å². The molecule has 0 aliphatic carbocycles. The number of pyridine rings is 1. The normalized spacial score (nSPS) is 13.1. The minimum Gasteiger partial charge on any atom is -0.467 e. The van der Waals surface area contributed by atoms with Crippen LogP contribution in [0.2, 0.25) is 0 Å². The topological polar surface area (TPSA) is 105 Å². The Kier molecular flexibility index (Phi) is 5.52. The van der Waals surface area contributed by atoms with Crippen LogP contribution in [0.4, 0.5) is 24.5 Å². The maximum atomic E-state index is 14.5. The fourth-order valence-electron chi connectivity index (χ4n) is 4.10. The second kappa shape index (κ2) is 8.65. The number of aromatic nitrogens is 4. The van der Waals surface area contributed by atoms with Crippen LogP contribution in [-0.2, 0) is 12.8 Å². The first-order chi connectivity index (χ1) is 16.5. The lowest BCUT2D eigenvalue weighted by Gasteiger charge is -2.17. The average Bonchev–Trinajstić information content (AvgIpc) is 3.19. The third kappa shape index (κ3) is 3.78. The minimum atomic E-state index is -2.74. The Morgan fingerprint density at radius 2 is 2.09 bits per heavy atom. The SMILES string of the molecule is COc1ncc2nccc(-c3[nH]c4c(c3Nc3cccc(F)c3CC(F)F)C(=O)NCC4)c2n1. The van der Waals surface area contributed by atoms with E-state index < -0.39 is 18.7 Å². The van der Waals surface area contributed by atoms with Crippen LogP contribution in [0.3, 0.4) is 0 Å². The predicted octanol–water partition coefficient (Wildman–Crippen LogP) is 4.00. The van der Waals surface area contributed by atoms with Crippen molar-refractivity contribution in [2.45, 2.75) is 19.3 Å². The largest absolute Gasteiger partial charge is 0.467 e. The summed E-state index contributed by atoms with van der Waals surface area (Å²) >= 11 is 0. The highest BCUT2D eigenvalue weighted by Gasteiger charge is 2.29. The molecule has 0 saturated heterocycles. The van der Waals surface area contributed by atoms with Crippen molar-refractivity contribution in [3.8, 4) is 17.3 Å². The first kappa shape index (κ1) is 21.7. The van der Waals surface area contributed by atoms with E-state index in [-0.39, 0.29) is 23.2 Å². The minimum absolute atomic E-state index is 0.134. The van der Waals surface area contributed by atoms with E-state index in [1.54, 1.807) is 12.3 Å². The molecule has 8 nitrogen and oxygen atoms in total. The molecule has 0 fully saturated rings. The number of H-pyrrole nitrogens is 1. The number of carbonyl (C=O) groups excluding carboxylic acids is 1. The lowest BCUT2D eigenvalue weighted by atomic mass is 10.0. The molecule has 0 atom stereocenters. The molecule has 1 aliphatic heterocycles. The molecule has 0 radical (unpaired) electrons. The fraction of sp³-hybridized carbons (Fsp3) is 0.217. The molecule has 1 aliphatic rings. The molecular formula is C23H19F3N6O2. The summed E-state index contributed by atoms with van der Waals surface area (Å²) in [5.41, 5.74) is 3.33. The van der Waals surface area contributed by atoms with Crippen molar-refractivity contribution < 1.29 is 22.7 Å². The van der Waals surface area contributed by atoms with Crippen molar-refractivity contribution in [2.75, 3.05) is 19.0 Å². The number of methoxy groups -OCH3 is 1. The van der Waals surface area contributed by atoms with E-state index in [0.29, 0.717) is 52.2 Å². The van der Waals surface area contributed by atoms with Crippen LogP contribution < -0.4 is 15.4 Å². The van der Waals surface area contributed by atoms with Gasteiger partial charge in [0.05, 0.1) is 30.3 Å². The summed E-state index contributed by atoms with van der Waals surface area (Å²) in [6.07, 6.45) is 0.103. The zero-order valence-electron chi connectivity index (χ0n) is 18.0. The number of alkyl halides is 2. The number of halogens is 3. The molecule has 0 unspecified atom stereocenters. The summed E-state index contributed by atoms with van der Waals surface area (Å²) in [4.78, 5) is 28.9. The number of anilines is 2. The van der Waals surface area contributed by atoms with Crippen LogP contribution in [0, 0.1) is 5.82 Å². The zero-order chi connectivity index (χ0) is 23.8. The maximum Gasteiger partial charge on any atom is 0.316 e. The number of hydrogen-bond acceptors (Lipinski definition) is 6. The highest BCUT2D eigenvalue weighted by Crippen LogP contribution is 2.39. The zero-order valence-corrected chi connectivity index (χ0v) is 18.0. The van der Waals surface area contributed by atoms with Crippen LogP contribution in [0.25, 0.3) is 22.3 Å². The Balaban J connectivity index is 1.73. The second-order valence-corrected chi connectivity index (χ2v) is 7.67. The van der Waals surface area contributed by atoms with E-state index >= 15 is 0 Å². The van der Waals surface area contributed by atoms with E-state index in [0.717, 1.165) is 6.07 Å². The van der Waals surface area contributed by atoms with E-state index in [4.69, 9.17) is 4.74 Å². The molecular weight excluding hydrogens is 449 g/mol. The van der Waals surface area contributed by atoms with Gasteiger partial charge in [-0.05, 0) is 18.2 Å². The monoisotopic (exact) mass is 468 g/mol. The number of ether oxygens (including phenoxy) is 1. The van der Waals surface area contributed by atoms with Crippen LogP contribution in [0.1, 0.15) is 21.6 Å². The van der Waals surface area contributed by atoms with E-state index in [2.05, 4.69) is 30.6 Å². The molecule has 4 aromatic rings.